The Hall–Kier alpha value is -1.91. The number of rotatable bonds is 3. The molecule has 2 aromatic heterocycles. The van der Waals surface area contributed by atoms with E-state index in [9.17, 15) is 4.79 Å². The summed E-state index contributed by atoms with van der Waals surface area (Å²) in [6.07, 6.45) is 5.95. The molecule has 1 atom stereocenters. The lowest BCUT2D eigenvalue weighted by atomic mass is 10.2. The molecule has 1 N–H and O–H groups in total. The average molecular weight is 244 g/mol. The molecule has 94 valence electrons. The second-order valence-corrected chi connectivity index (χ2v) is 4.88. The summed E-state index contributed by atoms with van der Waals surface area (Å²) in [6.45, 7) is 2.18. The van der Waals surface area contributed by atoms with Gasteiger partial charge in [0.05, 0.1) is 17.8 Å². The first kappa shape index (κ1) is 11.2. The molecule has 0 aromatic carbocycles. The maximum absolute atomic E-state index is 11.5. The Morgan fingerprint density at radius 1 is 1.50 bits per heavy atom. The Kier molecular flexibility index (Phi) is 2.54. The number of pyridine rings is 1. The third-order valence-electron chi connectivity index (χ3n) is 3.61. The molecule has 1 aliphatic rings. The summed E-state index contributed by atoms with van der Waals surface area (Å²) in [5.41, 5.74) is 1.44. The maximum Gasteiger partial charge on any atom is 0.252 e. The van der Waals surface area contributed by atoms with E-state index < -0.39 is 0 Å². The Labute approximate surface area is 105 Å². The maximum atomic E-state index is 11.5. The van der Waals surface area contributed by atoms with Crippen molar-refractivity contribution in [1.29, 1.82) is 0 Å². The van der Waals surface area contributed by atoms with Crippen molar-refractivity contribution in [2.45, 2.75) is 25.8 Å². The fourth-order valence-electron chi connectivity index (χ4n) is 2.28. The van der Waals surface area contributed by atoms with Crippen LogP contribution in [0.2, 0.25) is 0 Å². The van der Waals surface area contributed by atoms with E-state index in [1.54, 1.807) is 19.4 Å². The minimum Gasteiger partial charge on any atom is -0.355 e. The van der Waals surface area contributed by atoms with Crippen molar-refractivity contribution in [3.8, 4) is 0 Å². The summed E-state index contributed by atoms with van der Waals surface area (Å²) in [4.78, 5) is 15.9. The molecule has 1 fully saturated rings. The molecular formula is C13H16N4O. The largest absolute Gasteiger partial charge is 0.355 e. The quantitative estimate of drug-likeness (QED) is 0.895. The Bertz CT molecular complexity index is 600. The number of amides is 1. The number of nitrogens with zero attached hydrogens (tertiary/aromatic N) is 3. The Morgan fingerprint density at radius 2 is 2.28 bits per heavy atom. The summed E-state index contributed by atoms with van der Waals surface area (Å²) < 4.78 is 1.97. The lowest BCUT2D eigenvalue weighted by molar-refractivity contribution is 0.0963. The van der Waals surface area contributed by atoms with Crippen molar-refractivity contribution in [3.63, 3.8) is 0 Å². The van der Waals surface area contributed by atoms with Gasteiger partial charge in [-0.05, 0) is 31.7 Å². The van der Waals surface area contributed by atoms with Gasteiger partial charge < -0.3 is 5.32 Å². The molecule has 0 bridgehead atoms. The minimum atomic E-state index is -0.118. The van der Waals surface area contributed by atoms with E-state index in [1.807, 2.05) is 10.7 Å². The first-order valence-corrected chi connectivity index (χ1v) is 6.26. The predicted octanol–water partition coefficient (Wildman–Crippen LogP) is 1.76. The van der Waals surface area contributed by atoms with Crippen molar-refractivity contribution in [2.75, 3.05) is 7.05 Å². The van der Waals surface area contributed by atoms with Crippen molar-refractivity contribution in [2.24, 2.45) is 5.92 Å². The van der Waals surface area contributed by atoms with Crippen molar-refractivity contribution in [3.05, 3.63) is 24.0 Å². The fraction of sp³-hybridized carbons (Fsp3) is 0.462. The Balaban J connectivity index is 2.01. The summed E-state index contributed by atoms with van der Waals surface area (Å²) in [7, 11) is 1.62. The van der Waals surface area contributed by atoms with Crippen LogP contribution in [-0.4, -0.2) is 27.7 Å². The van der Waals surface area contributed by atoms with Crippen molar-refractivity contribution < 1.29 is 4.79 Å². The van der Waals surface area contributed by atoms with Gasteiger partial charge >= 0.3 is 0 Å². The lowest BCUT2D eigenvalue weighted by Gasteiger charge is -2.11. The number of carbonyl (C=O) groups excluding carboxylic acids is 1. The van der Waals surface area contributed by atoms with Gasteiger partial charge in [0.15, 0.2) is 5.65 Å². The second-order valence-electron chi connectivity index (χ2n) is 4.88. The third kappa shape index (κ3) is 1.75. The molecule has 1 aliphatic carbocycles. The van der Waals surface area contributed by atoms with Crippen molar-refractivity contribution in [1.82, 2.24) is 20.1 Å². The van der Waals surface area contributed by atoms with Gasteiger partial charge in [-0.1, -0.05) is 0 Å². The molecule has 0 radical (unpaired) electrons. The van der Waals surface area contributed by atoms with E-state index in [2.05, 4.69) is 22.3 Å². The molecule has 0 saturated heterocycles. The van der Waals surface area contributed by atoms with Crippen molar-refractivity contribution >= 4 is 16.9 Å². The lowest BCUT2D eigenvalue weighted by Crippen LogP contribution is -2.18. The number of fused-ring (bicyclic) bond motifs is 1. The SMILES string of the molecule is CNC(=O)c1cnc2c(cnn2C(C)C2CC2)c1. The molecule has 0 aliphatic heterocycles. The molecule has 3 rings (SSSR count). The van der Waals surface area contributed by atoms with Crippen LogP contribution in [-0.2, 0) is 0 Å². The first-order chi connectivity index (χ1) is 8.70. The van der Waals surface area contributed by atoms with Gasteiger partial charge in [0, 0.05) is 18.6 Å². The Morgan fingerprint density at radius 3 is 2.94 bits per heavy atom. The van der Waals surface area contributed by atoms with Crippen LogP contribution >= 0.6 is 0 Å². The van der Waals surface area contributed by atoms with Crippen LogP contribution in [0.5, 0.6) is 0 Å². The smallest absolute Gasteiger partial charge is 0.252 e. The van der Waals surface area contributed by atoms with Gasteiger partial charge in [-0.15, -0.1) is 0 Å². The minimum absolute atomic E-state index is 0.118. The molecule has 5 heteroatoms. The molecule has 18 heavy (non-hydrogen) atoms. The molecule has 2 aromatic rings. The highest BCUT2D eigenvalue weighted by molar-refractivity contribution is 5.96. The number of aromatic nitrogens is 3. The molecule has 5 nitrogen and oxygen atoms in total. The number of hydrogen-bond donors (Lipinski definition) is 1. The highest BCUT2D eigenvalue weighted by atomic mass is 16.1. The standard InChI is InChI=1S/C13H16N4O/c1-8(9-3-4-9)17-12-10(7-16-17)5-11(6-15-12)13(18)14-2/h5-9H,3-4H2,1-2H3,(H,14,18). The second kappa shape index (κ2) is 4.08. The highest BCUT2D eigenvalue weighted by Crippen LogP contribution is 2.39. The van der Waals surface area contributed by atoms with E-state index in [0.29, 0.717) is 11.6 Å². The summed E-state index contributed by atoms with van der Waals surface area (Å²) in [5, 5.41) is 7.92. The van der Waals surface area contributed by atoms with Gasteiger partial charge in [0.2, 0.25) is 0 Å². The molecule has 2 heterocycles. The monoisotopic (exact) mass is 244 g/mol. The van der Waals surface area contributed by atoms with Crippen LogP contribution < -0.4 is 5.32 Å². The topological polar surface area (TPSA) is 59.8 Å². The van der Waals surface area contributed by atoms with Gasteiger partial charge in [-0.2, -0.15) is 5.10 Å². The molecule has 0 spiro atoms. The van der Waals surface area contributed by atoms with Crippen LogP contribution in [0, 0.1) is 5.92 Å². The summed E-state index contributed by atoms with van der Waals surface area (Å²) >= 11 is 0. The van der Waals surface area contributed by atoms with E-state index in [-0.39, 0.29) is 5.91 Å². The molecular weight excluding hydrogens is 228 g/mol. The fourth-order valence-corrected chi connectivity index (χ4v) is 2.28. The molecule has 1 unspecified atom stereocenters. The van der Waals surface area contributed by atoms with Crippen LogP contribution in [0.1, 0.15) is 36.2 Å². The van der Waals surface area contributed by atoms with Crippen LogP contribution in [0.15, 0.2) is 18.5 Å². The average Bonchev–Trinajstić information content (AvgIpc) is 3.16. The normalized spacial score (nSPS) is 16.8. The zero-order valence-electron chi connectivity index (χ0n) is 10.6. The zero-order chi connectivity index (χ0) is 12.7. The van der Waals surface area contributed by atoms with Crippen LogP contribution in [0.3, 0.4) is 0 Å². The van der Waals surface area contributed by atoms with Gasteiger partial charge in [-0.3, -0.25) is 4.79 Å². The third-order valence-corrected chi connectivity index (χ3v) is 3.61. The number of hydrogen-bond acceptors (Lipinski definition) is 3. The number of carbonyl (C=O) groups is 1. The first-order valence-electron chi connectivity index (χ1n) is 6.26. The van der Waals surface area contributed by atoms with E-state index >= 15 is 0 Å². The summed E-state index contributed by atoms with van der Waals surface area (Å²) in [5.74, 6) is 0.612. The number of nitrogens with one attached hydrogen (secondary N) is 1. The zero-order valence-corrected chi connectivity index (χ0v) is 10.6. The molecule has 1 saturated carbocycles. The highest BCUT2D eigenvalue weighted by Gasteiger charge is 2.30. The predicted molar refractivity (Wildman–Crippen MR) is 68.4 cm³/mol. The van der Waals surface area contributed by atoms with Gasteiger partial charge in [0.1, 0.15) is 0 Å². The van der Waals surface area contributed by atoms with E-state index in [1.165, 1.54) is 12.8 Å². The van der Waals surface area contributed by atoms with Gasteiger partial charge in [-0.25, -0.2) is 9.67 Å². The van der Waals surface area contributed by atoms with Crippen LogP contribution in [0.25, 0.3) is 11.0 Å². The van der Waals surface area contributed by atoms with E-state index in [4.69, 9.17) is 0 Å². The molecule has 1 amide bonds. The summed E-state index contributed by atoms with van der Waals surface area (Å²) in [6, 6.07) is 2.23. The van der Waals surface area contributed by atoms with Crippen LogP contribution in [0.4, 0.5) is 0 Å². The van der Waals surface area contributed by atoms with Gasteiger partial charge in [0.25, 0.3) is 5.91 Å². The van der Waals surface area contributed by atoms with E-state index in [0.717, 1.165) is 17.0 Å².